The van der Waals surface area contributed by atoms with Crippen molar-refractivity contribution in [3.05, 3.63) is 29.8 Å². The van der Waals surface area contributed by atoms with E-state index in [9.17, 15) is 9.59 Å². The Morgan fingerprint density at radius 2 is 2.11 bits per heavy atom. The molecule has 1 saturated heterocycles. The van der Waals surface area contributed by atoms with Crippen LogP contribution in [0.3, 0.4) is 0 Å². The summed E-state index contributed by atoms with van der Waals surface area (Å²) >= 11 is 0. The highest BCUT2D eigenvalue weighted by Gasteiger charge is 2.31. The minimum absolute atomic E-state index is 0.0213. The first-order valence-electron chi connectivity index (χ1n) is 10.7. The minimum atomic E-state index is -0.342. The first-order chi connectivity index (χ1) is 13.5. The van der Waals surface area contributed by atoms with Gasteiger partial charge in [0.15, 0.2) is 0 Å². The molecule has 2 aliphatic heterocycles. The molecule has 1 atom stereocenters. The molecule has 0 radical (unpaired) electrons. The Hall–Kier alpha value is -2.08. The fraction of sp³-hybridized carbons (Fsp3) is 0.636. The molecular formula is C22H34N4O2. The molecule has 0 aromatic heterocycles. The average molecular weight is 387 g/mol. The number of nitrogens with zero attached hydrogens (tertiary/aromatic N) is 2. The van der Waals surface area contributed by atoms with E-state index < -0.39 is 0 Å². The van der Waals surface area contributed by atoms with Crippen LogP contribution < -0.4 is 15.5 Å². The van der Waals surface area contributed by atoms with Crippen LogP contribution in [0.1, 0.15) is 38.7 Å². The van der Waals surface area contributed by atoms with Crippen LogP contribution in [0.4, 0.5) is 5.69 Å². The van der Waals surface area contributed by atoms with Gasteiger partial charge in [0, 0.05) is 45.0 Å². The predicted molar refractivity (Wildman–Crippen MR) is 112 cm³/mol. The second kappa shape index (κ2) is 9.92. The second-order valence-electron chi connectivity index (χ2n) is 8.32. The van der Waals surface area contributed by atoms with Gasteiger partial charge < -0.3 is 15.5 Å². The van der Waals surface area contributed by atoms with Crippen molar-refractivity contribution in [2.75, 3.05) is 44.2 Å². The Balaban J connectivity index is 1.42. The largest absolute Gasteiger partial charge is 0.371 e. The van der Waals surface area contributed by atoms with Gasteiger partial charge in [-0.1, -0.05) is 32.0 Å². The average Bonchev–Trinajstić information content (AvgIpc) is 2.67. The van der Waals surface area contributed by atoms with Crippen LogP contribution in [0, 0.1) is 5.92 Å². The van der Waals surface area contributed by atoms with Gasteiger partial charge in [0.2, 0.25) is 11.8 Å². The van der Waals surface area contributed by atoms with E-state index in [0.29, 0.717) is 19.0 Å². The van der Waals surface area contributed by atoms with Gasteiger partial charge in [0.1, 0.15) is 0 Å². The summed E-state index contributed by atoms with van der Waals surface area (Å²) in [6.07, 6.45) is 3.49. The zero-order chi connectivity index (χ0) is 19.9. The van der Waals surface area contributed by atoms with Crippen molar-refractivity contribution in [1.82, 2.24) is 15.5 Å². The number of fused-ring (bicyclic) bond motifs is 1. The Morgan fingerprint density at radius 3 is 2.93 bits per heavy atom. The Kier molecular flexibility index (Phi) is 7.31. The summed E-state index contributed by atoms with van der Waals surface area (Å²) in [7, 11) is 0. The number of para-hydroxylation sites is 1. The maximum atomic E-state index is 12.4. The van der Waals surface area contributed by atoms with Crippen molar-refractivity contribution in [1.29, 1.82) is 0 Å². The van der Waals surface area contributed by atoms with Gasteiger partial charge in [-0.05, 0) is 36.8 Å². The van der Waals surface area contributed by atoms with Crippen LogP contribution in [0.5, 0.6) is 0 Å². The summed E-state index contributed by atoms with van der Waals surface area (Å²) in [6, 6.07) is 8.26. The number of carbonyl (C=O) groups is 2. The fourth-order valence-electron chi connectivity index (χ4n) is 4.26. The van der Waals surface area contributed by atoms with Gasteiger partial charge in [-0.3, -0.25) is 14.5 Å². The van der Waals surface area contributed by atoms with Gasteiger partial charge in [0.05, 0.1) is 12.5 Å². The number of hydrogen-bond acceptors (Lipinski definition) is 4. The number of rotatable bonds is 8. The number of carbonyl (C=O) groups excluding carboxylic acids is 2. The van der Waals surface area contributed by atoms with Crippen LogP contribution in [0.25, 0.3) is 0 Å². The molecule has 2 aliphatic rings. The van der Waals surface area contributed by atoms with E-state index in [4.69, 9.17) is 0 Å². The SMILES string of the molecule is CC(C)CN1CCNC(=O)[C@@H]1CC(=O)NCCCN1CCCc2ccccc21. The van der Waals surface area contributed by atoms with E-state index >= 15 is 0 Å². The lowest BCUT2D eigenvalue weighted by molar-refractivity contribution is -0.134. The highest BCUT2D eigenvalue weighted by Crippen LogP contribution is 2.26. The van der Waals surface area contributed by atoms with E-state index in [-0.39, 0.29) is 24.3 Å². The van der Waals surface area contributed by atoms with Gasteiger partial charge in [-0.15, -0.1) is 0 Å². The summed E-state index contributed by atoms with van der Waals surface area (Å²) < 4.78 is 0. The lowest BCUT2D eigenvalue weighted by Crippen LogP contribution is -2.57. The third-order valence-electron chi connectivity index (χ3n) is 5.55. The summed E-state index contributed by atoms with van der Waals surface area (Å²) in [4.78, 5) is 29.2. The molecule has 154 valence electrons. The van der Waals surface area contributed by atoms with Crippen molar-refractivity contribution in [3.63, 3.8) is 0 Å². The van der Waals surface area contributed by atoms with Crippen LogP contribution in [0.15, 0.2) is 24.3 Å². The highest BCUT2D eigenvalue weighted by atomic mass is 16.2. The number of hydrogen-bond donors (Lipinski definition) is 2. The molecule has 1 aromatic rings. The maximum absolute atomic E-state index is 12.4. The molecular weight excluding hydrogens is 352 g/mol. The number of anilines is 1. The summed E-state index contributed by atoms with van der Waals surface area (Å²) in [5, 5.41) is 5.91. The summed E-state index contributed by atoms with van der Waals surface area (Å²) in [5.41, 5.74) is 2.76. The smallest absolute Gasteiger partial charge is 0.237 e. The fourth-order valence-corrected chi connectivity index (χ4v) is 4.26. The molecule has 6 heteroatoms. The van der Waals surface area contributed by atoms with E-state index in [1.807, 2.05) is 0 Å². The standard InChI is InChI=1S/C22H34N4O2/c1-17(2)16-26-14-11-24-22(28)20(26)15-21(27)23-10-6-13-25-12-5-8-18-7-3-4-9-19(18)25/h3-4,7,9,17,20H,5-6,8,10-16H2,1-2H3,(H,23,27)(H,24,28)/t20-/m0/s1. The van der Waals surface area contributed by atoms with Crippen molar-refractivity contribution < 1.29 is 9.59 Å². The molecule has 0 aliphatic carbocycles. The Morgan fingerprint density at radius 1 is 1.29 bits per heavy atom. The summed E-state index contributed by atoms with van der Waals surface area (Å²) in [5.74, 6) is 0.422. The normalized spacial score (nSPS) is 20.0. The third-order valence-corrected chi connectivity index (χ3v) is 5.55. The minimum Gasteiger partial charge on any atom is -0.371 e. The molecule has 6 nitrogen and oxygen atoms in total. The zero-order valence-corrected chi connectivity index (χ0v) is 17.2. The molecule has 0 bridgehead atoms. The van der Waals surface area contributed by atoms with Gasteiger partial charge in [-0.2, -0.15) is 0 Å². The van der Waals surface area contributed by atoms with Gasteiger partial charge in [-0.25, -0.2) is 0 Å². The molecule has 3 rings (SSSR count). The van der Waals surface area contributed by atoms with Crippen molar-refractivity contribution >= 4 is 17.5 Å². The van der Waals surface area contributed by atoms with Crippen LogP contribution in [-0.2, 0) is 16.0 Å². The molecule has 2 amide bonds. The van der Waals surface area contributed by atoms with Crippen LogP contribution in [0.2, 0.25) is 0 Å². The molecule has 2 N–H and O–H groups in total. The molecule has 28 heavy (non-hydrogen) atoms. The van der Waals surface area contributed by atoms with E-state index in [1.54, 1.807) is 0 Å². The quantitative estimate of drug-likeness (QED) is 0.669. The lowest BCUT2D eigenvalue weighted by Gasteiger charge is -2.35. The van der Waals surface area contributed by atoms with Gasteiger partial charge >= 0.3 is 0 Å². The second-order valence-corrected chi connectivity index (χ2v) is 8.32. The number of amides is 2. The molecule has 0 unspecified atom stereocenters. The van der Waals surface area contributed by atoms with Crippen molar-refractivity contribution in [2.45, 2.75) is 45.6 Å². The Bertz CT molecular complexity index is 676. The van der Waals surface area contributed by atoms with E-state index in [0.717, 1.165) is 39.0 Å². The first kappa shape index (κ1) is 20.6. The number of benzene rings is 1. The maximum Gasteiger partial charge on any atom is 0.237 e. The summed E-state index contributed by atoms with van der Waals surface area (Å²) in [6.45, 7) is 9.29. The molecule has 0 spiro atoms. The zero-order valence-electron chi connectivity index (χ0n) is 17.2. The molecule has 2 heterocycles. The molecule has 1 aromatic carbocycles. The molecule has 1 fully saturated rings. The van der Waals surface area contributed by atoms with Gasteiger partial charge in [0.25, 0.3) is 0 Å². The van der Waals surface area contributed by atoms with Crippen molar-refractivity contribution in [2.24, 2.45) is 5.92 Å². The topological polar surface area (TPSA) is 64.7 Å². The highest BCUT2D eigenvalue weighted by molar-refractivity contribution is 5.88. The lowest BCUT2D eigenvalue weighted by atomic mass is 10.0. The number of piperazine rings is 1. The molecule has 0 saturated carbocycles. The predicted octanol–water partition coefficient (Wildman–Crippen LogP) is 1.79. The number of nitrogens with one attached hydrogen (secondary N) is 2. The van der Waals surface area contributed by atoms with Crippen molar-refractivity contribution in [3.8, 4) is 0 Å². The van der Waals surface area contributed by atoms with Crippen LogP contribution in [-0.4, -0.2) is 62.0 Å². The third kappa shape index (κ3) is 5.47. The van der Waals surface area contributed by atoms with E-state index in [2.05, 4.69) is 58.5 Å². The van der Waals surface area contributed by atoms with E-state index in [1.165, 1.54) is 17.7 Å². The monoisotopic (exact) mass is 386 g/mol. The van der Waals surface area contributed by atoms with Crippen LogP contribution >= 0.6 is 0 Å². The number of aryl methyl sites for hydroxylation is 1. The Labute approximate surface area is 168 Å². The first-order valence-corrected chi connectivity index (χ1v) is 10.7.